The van der Waals surface area contributed by atoms with Crippen LogP contribution in [0, 0.1) is 12.3 Å². The normalized spacial score (nSPS) is 14.9. The van der Waals surface area contributed by atoms with Crippen molar-refractivity contribution in [1.29, 1.82) is 0 Å². The number of piperidine rings is 1. The number of ether oxygens (including phenoxy) is 1. The van der Waals surface area contributed by atoms with Gasteiger partial charge in [0.15, 0.2) is 0 Å². The number of carbonyl (C=O) groups is 2. The van der Waals surface area contributed by atoms with Crippen molar-refractivity contribution < 1.29 is 33.6 Å². The van der Waals surface area contributed by atoms with Gasteiger partial charge in [0.1, 0.15) is 23.5 Å². The summed E-state index contributed by atoms with van der Waals surface area (Å²) in [7, 11) is -1.43. The van der Waals surface area contributed by atoms with E-state index in [1.807, 2.05) is 13.1 Å². The molecule has 38 heavy (non-hydrogen) atoms. The Morgan fingerprint density at radius 2 is 1.89 bits per heavy atom. The number of phosphoric acid groups is 1. The third kappa shape index (κ3) is 7.27. The predicted molar refractivity (Wildman–Crippen MR) is 141 cm³/mol. The van der Waals surface area contributed by atoms with Gasteiger partial charge in [0.2, 0.25) is 5.91 Å². The number of aromatic nitrogens is 3. The molecule has 1 fully saturated rings. The maximum Gasteiger partial charge on any atom is 0.466 e. The van der Waals surface area contributed by atoms with Crippen LogP contribution >= 0.6 is 7.82 Å². The Labute approximate surface area is 219 Å². The topological polar surface area (TPSA) is 207 Å². The zero-order valence-corrected chi connectivity index (χ0v) is 22.2. The van der Waals surface area contributed by atoms with E-state index in [0.29, 0.717) is 37.4 Å². The highest BCUT2D eigenvalue weighted by Gasteiger charge is 2.41. The van der Waals surface area contributed by atoms with Crippen LogP contribution in [-0.4, -0.2) is 80.3 Å². The minimum absolute atomic E-state index is 0.133. The maximum atomic E-state index is 13.3. The zero-order chi connectivity index (χ0) is 28.1. The molecule has 3 aromatic rings. The largest absolute Gasteiger partial charge is 0.466 e. The van der Waals surface area contributed by atoms with Crippen molar-refractivity contribution in [3.8, 4) is 5.75 Å². The Hall–Kier alpha value is -3.55. The van der Waals surface area contributed by atoms with Crippen molar-refractivity contribution in [1.82, 2.24) is 19.9 Å². The quantitative estimate of drug-likeness (QED) is 0.252. The average molecular weight is 550 g/mol. The molecule has 1 aromatic carbocycles. The molecule has 206 valence electrons. The van der Waals surface area contributed by atoms with Crippen molar-refractivity contribution in [2.75, 3.05) is 43.9 Å². The summed E-state index contributed by atoms with van der Waals surface area (Å²) in [6.45, 7) is 3.57. The summed E-state index contributed by atoms with van der Waals surface area (Å²) in [4.78, 5) is 62.1. The van der Waals surface area contributed by atoms with Gasteiger partial charge in [0, 0.05) is 51.7 Å². The number of benzene rings is 1. The lowest BCUT2D eigenvalue weighted by atomic mass is 9.77. The lowest BCUT2D eigenvalue weighted by molar-refractivity contribution is -0.126. The average Bonchev–Trinajstić information content (AvgIpc) is 3.24. The number of H-pyrrole nitrogens is 1. The Morgan fingerprint density at radius 1 is 1.24 bits per heavy atom. The molecule has 14 nitrogen and oxygen atoms in total. The minimum atomic E-state index is -4.64. The van der Waals surface area contributed by atoms with Gasteiger partial charge in [-0.2, -0.15) is 0 Å². The highest BCUT2D eigenvalue weighted by Crippen LogP contribution is 2.36. The first-order valence-electron chi connectivity index (χ1n) is 11.7. The van der Waals surface area contributed by atoms with Crippen LogP contribution in [0.15, 0.2) is 36.8 Å². The molecule has 0 bridgehead atoms. The van der Waals surface area contributed by atoms with Gasteiger partial charge in [0.05, 0.1) is 10.8 Å². The van der Waals surface area contributed by atoms with E-state index in [4.69, 9.17) is 29.7 Å². The number of amides is 2. The van der Waals surface area contributed by atoms with Gasteiger partial charge in [-0.05, 0) is 37.5 Å². The van der Waals surface area contributed by atoms with E-state index < -0.39 is 19.3 Å². The van der Waals surface area contributed by atoms with Gasteiger partial charge >= 0.3 is 13.9 Å². The molecule has 2 aromatic heterocycles. The van der Waals surface area contributed by atoms with Gasteiger partial charge < -0.3 is 45.3 Å². The number of carbonyl (C=O) groups excluding carboxylic acids is 2. The van der Waals surface area contributed by atoms with E-state index in [0.717, 1.165) is 22.4 Å². The van der Waals surface area contributed by atoms with Crippen molar-refractivity contribution in [3.05, 3.63) is 42.4 Å². The van der Waals surface area contributed by atoms with Crippen molar-refractivity contribution in [2.24, 2.45) is 11.1 Å². The third-order valence-electron chi connectivity index (χ3n) is 6.20. The summed E-state index contributed by atoms with van der Waals surface area (Å²) in [5.41, 5.74) is 7.88. The second-order valence-corrected chi connectivity index (χ2v) is 10.1. The number of aromatic amines is 1. The molecule has 0 spiro atoms. The summed E-state index contributed by atoms with van der Waals surface area (Å²) in [6, 6.07) is 6.78. The van der Waals surface area contributed by atoms with Gasteiger partial charge in [-0.15, -0.1) is 0 Å². The van der Waals surface area contributed by atoms with Gasteiger partial charge in [-0.1, -0.05) is 6.07 Å². The van der Waals surface area contributed by atoms with E-state index in [-0.39, 0.29) is 12.5 Å². The van der Waals surface area contributed by atoms with Crippen LogP contribution in [0.3, 0.4) is 0 Å². The van der Waals surface area contributed by atoms with Crippen LogP contribution < -0.4 is 20.7 Å². The fourth-order valence-corrected chi connectivity index (χ4v) is 4.10. The molecule has 1 saturated heterocycles. The number of nitrogens with one attached hydrogen (secondary N) is 2. The lowest BCUT2D eigenvalue weighted by Crippen LogP contribution is -2.50. The first kappa shape index (κ1) is 29.0. The number of hydrogen-bond donors (Lipinski definition) is 6. The molecule has 1 aliphatic rings. The van der Waals surface area contributed by atoms with Crippen molar-refractivity contribution in [3.63, 3.8) is 0 Å². The second kappa shape index (κ2) is 11.9. The van der Waals surface area contributed by atoms with E-state index in [1.54, 1.807) is 44.7 Å². The molecular weight excluding hydrogens is 517 g/mol. The fourth-order valence-electron chi connectivity index (χ4n) is 4.10. The van der Waals surface area contributed by atoms with Crippen LogP contribution in [0.25, 0.3) is 11.0 Å². The monoisotopic (exact) mass is 549 g/mol. The standard InChI is InChI=1S/C23H29N7O3.H3O4P/c1-15-12-25-19-18(15)20(27-14-26-19)30-9-7-23(13-24,8-10-30)21(31)28-16-5-4-6-17(11-16)33-22(32)29(2)3;1-5(2,3)4/h4-6,11-12,14H,7-10,13,24H2,1-3H3,(H,28,31)(H,25,26,27);(H3,1,2,3,4). The van der Waals surface area contributed by atoms with Crippen LogP contribution in [0.5, 0.6) is 5.75 Å². The maximum absolute atomic E-state index is 13.3. The molecule has 1 aliphatic heterocycles. The predicted octanol–water partition coefficient (Wildman–Crippen LogP) is 1.58. The highest BCUT2D eigenvalue weighted by atomic mass is 31.2. The summed E-state index contributed by atoms with van der Waals surface area (Å²) >= 11 is 0. The van der Waals surface area contributed by atoms with Crippen molar-refractivity contribution >= 4 is 42.4 Å². The Morgan fingerprint density at radius 3 is 2.50 bits per heavy atom. The molecule has 0 radical (unpaired) electrons. The first-order chi connectivity index (χ1) is 17.8. The molecule has 0 aliphatic carbocycles. The highest BCUT2D eigenvalue weighted by molar-refractivity contribution is 7.45. The molecular formula is C23H32N7O7P. The molecule has 0 atom stereocenters. The number of anilines is 2. The summed E-state index contributed by atoms with van der Waals surface area (Å²) in [6.07, 6.45) is 4.19. The third-order valence-corrected chi connectivity index (χ3v) is 6.20. The molecule has 4 rings (SSSR count). The first-order valence-corrected chi connectivity index (χ1v) is 13.2. The molecule has 2 amide bonds. The Kier molecular flexibility index (Phi) is 9.07. The SMILES string of the molecule is Cc1c[nH]c2ncnc(N3CCC(CN)(C(=O)Nc4cccc(OC(=O)N(C)C)c4)CC3)c12.O=P(O)(O)O. The molecule has 0 saturated carbocycles. The summed E-state index contributed by atoms with van der Waals surface area (Å²) in [5.74, 6) is 1.10. The lowest BCUT2D eigenvalue weighted by Gasteiger charge is -2.40. The number of nitrogens with two attached hydrogens (primary N) is 1. The Balaban J connectivity index is 0.000000732. The summed E-state index contributed by atoms with van der Waals surface area (Å²) in [5, 5.41) is 3.97. The Bertz CT molecular complexity index is 1320. The second-order valence-electron chi connectivity index (χ2n) is 9.12. The number of aryl methyl sites for hydroxylation is 1. The fraction of sp³-hybridized carbons (Fsp3) is 0.391. The molecule has 15 heteroatoms. The van der Waals surface area contributed by atoms with E-state index in [2.05, 4.69) is 25.2 Å². The summed E-state index contributed by atoms with van der Waals surface area (Å²) < 4.78 is 14.2. The van der Waals surface area contributed by atoms with Gasteiger partial charge in [0.25, 0.3) is 0 Å². The van der Waals surface area contributed by atoms with Gasteiger partial charge in [-0.25, -0.2) is 19.3 Å². The van der Waals surface area contributed by atoms with Crippen LogP contribution in [-0.2, 0) is 9.36 Å². The van der Waals surface area contributed by atoms with E-state index in [9.17, 15) is 9.59 Å². The van der Waals surface area contributed by atoms with Crippen molar-refractivity contribution in [2.45, 2.75) is 19.8 Å². The molecule has 0 unspecified atom stereocenters. The van der Waals surface area contributed by atoms with Crippen LogP contribution in [0.4, 0.5) is 16.3 Å². The van der Waals surface area contributed by atoms with E-state index in [1.165, 1.54) is 4.90 Å². The number of fused-ring (bicyclic) bond motifs is 1. The van der Waals surface area contributed by atoms with Gasteiger partial charge in [-0.3, -0.25) is 4.79 Å². The number of rotatable bonds is 5. The molecule has 7 N–H and O–H groups in total. The van der Waals surface area contributed by atoms with Crippen LogP contribution in [0.2, 0.25) is 0 Å². The number of hydrogen-bond acceptors (Lipinski definition) is 8. The van der Waals surface area contributed by atoms with E-state index >= 15 is 0 Å². The number of nitrogens with zero attached hydrogens (tertiary/aromatic N) is 4. The minimum Gasteiger partial charge on any atom is -0.410 e. The molecule has 3 heterocycles. The zero-order valence-electron chi connectivity index (χ0n) is 21.3. The van der Waals surface area contributed by atoms with Crippen LogP contribution in [0.1, 0.15) is 18.4 Å². The smallest absolute Gasteiger partial charge is 0.410 e.